The van der Waals surface area contributed by atoms with Crippen molar-refractivity contribution in [2.45, 2.75) is 32.2 Å². The lowest BCUT2D eigenvalue weighted by atomic mass is 9.92. The predicted octanol–water partition coefficient (Wildman–Crippen LogP) is 4.13. The van der Waals surface area contributed by atoms with E-state index in [1.807, 2.05) is 36.4 Å². The van der Waals surface area contributed by atoms with Crippen LogP contribution in [0.15, 0.2) is 53.1 Å². The van der Waals surface area contributed by atoms with Crippen LogP contribution in [0.5, 0.6) is 0 Å². The summed E-state index contributed by atoms with van der Waals surface area (Å²) in [5.74, 6) is 0.273. The highest BCUT2D eigenvalue weighted by Crippen LogP contribution is 2.39. The van der Waals surface area contributed by atoms with Crippen LogP contribution in [0.4, 0.5) is 10.8 Å². The van der Waals surface area contributed by atoms with Crippen LogP contribution < -0.4 is 15.6 Å². The Bertz CT molecular complexity index is 1080. The molecular formula is C22H21BrN3O2S+. The fraction of sp³-hybridized carbons (Fsp3) is 0.227. The molecule has 5 nitrogen and oxygen atoms in total. The van der Waals surface area contributed by atoms with Gasteiger partial charge >= 0.3 is 0 Å². The molecule has 0 fully saturated rings. The number of aromatic nitrogens is 1. The quantitative estimate of drug-likeness (QED) is 0.434. The van der Waals surface area contributed by atoms with E-state index in [0.717, 1.165) is 35.7 Å². The minimum Gasteiger partial charge on any atom is -0.314 e. The number of hydrogen-bond acceptors (Lipinski definition) is 4. The van der Waals surface area contributed by atoms with E-state index < -0.39 is 0 Å². The number of nitrogens with two attached hydrogens (primary N) is 1. The summed E-state index contributed by atoms with van der Waals surface area (Å²) in [7, 11) is 0. The second kappa shape index (κ2) is 8.47. The molecule has 1 amide bonds. The number of carbonyl (C=O) groups excluding carboxylic acids is 2. The largest absolute Gasteiger partial charge is 0.314 e. The van der Waals surface area contributed by atoms with Crippen molar-refractivity contribution in [1.29, 1.82) is 0 Å². The summed E-state index contributed by atoms with van der Waals surface area (Å²) in [6.45, 7) is 0.0984. The molecule has 0 bridgehead atoms. The summed E-state index contributed by atoms with van der Waals surface area (Å²) in [5.41, 5.74) is 8.30. The Hall–Kier alpha value is -2.51. The average molecular weight is 471 g/mol. The highest BCUT2D eigenvalue weighted by Gasteiger charge is 2.27. The maximum absolute atomic E-state index is 13.3. The van der Waals surface area contributed by atoms with E-state index in [9.17, 15) is 9.59 Å². The zero-order chi connectivity index (χ0) is 20.4. The Morgan fingerprint density at radius 2 is 1.86 bits per heavy atom. The van der Waals surface area contributed by atoms with Crippen molar-refractivity contribution in [1.82, 2.24) is 0 Å². The summed E-state index contributed by atoms with van der Waals surface area (Å²) in [6, 6.07) is 12.7. The molecule has 3 N–H and O–H groups in total. The van der Waals surface area contributed by atoms with Gasteiger partial charge in [0.1, 0.15) is 5.00 Å². The third kappa shape index (κ3) is 4.26. The van der Waals surface area contributed by atoms with Crippen molar-refractivity contribution in [3.8, 4) is 0 Å². The summed E-state index contributed by atoms with van der Waals surface area (Å²) in [6.07, 6.45) is 5.77. The Kier molecular flexibility index (Phi) is 5.78. The minimum absolute atomic E-state index is 0.0425. The number of rotatable bonds is 5. The zero-order valence-electron chi connectivity index (χ0n) is 15.8. The van der Waals surface area contributed by atoms with Gasteiger partial charge in [0.05, 0.1) is 11.8 Å². The third-order valence-electron chi connectivity index (χ3n) is 5.05. The topological polar surface area (TPSA) is 76.1 Å². The van der Waals surface area contributed by atoms with Crippen LogP contribution in [0.3, 0.4) is 0 Å². The Morgan fingerprint density at radius 3 is 2.62 bits per heavy atom. The molecule has 0 unspecified atom stereocenters. The number of nitrogen functional groups attached to an aromatic ring is 1. The molecule has 3 aromatic rings. The molecule has 0 atom stereocenters. The maximum atomic E-state index is 13.3. The highest BCUT2D eigenvalue weighted by molar-refractivity contribution is 9.10. The zero-order valence-corrected chi connectivity index (χ0v) is 18.2. The van der Waals surface area contributed by atoms with Crippen molar-refractivity contribution < 1.29 is 14.2 Å². The van der Waals surface area contributed by atoms with Crippen LogP contribution >= 0.6 is 27.3 Å². The van der Waals surface area contributed by atoms with E-state index in [-0.39, 0.29) is 18.2 Å². The number of hydrogen-bond donors (Lipinski definition) is 2. The number of carbonyl (C=O) groups is 2. The monoisotopic (exact) mass is 470 g/mol. The lowest BCUT2D eigenvalue weighted by Gasteiger charge is -2.12. The molecular weight excluding hydrogens is 450 g/mol. The SMILES string of the molecule is Nc1cccc[n+]1CC(=O)Nc1sc2c(c1C(=O)c1ccc(Br)cc1)CCCC2. The number of ketones is 1. The van der Waals surface area contributed by atoms with Gasteiger partial charge in [-0.2, -0.15) is 0 Å². The average Bonchev–Trinajstić information content (AvgIpc) is 3.07. The first-order valence-electron chi connectivity index (χ1n) is 9.51. The summed E-state index contributed by atoms with van der Waals surface area (Å²) in [4.78, 5) is 27.2. The van der Waals surface area contributed by atoms with Crippen LogP contribution in [-0.2, 0) is 24.2 Å². The van der Waals surface area contributed by atoms with Gasteiger partial charge in [-0.25, -0.2) is 4.57 Å². The Morgan fingerprint density at radius 1 is 1.10 bits per heavy atom. The summed E-state index contributed by atoms with van der Waals surface area (Å²) >= 11 is 4.94. The molecule has 7 heteroatoms. The molecule has 29 heavy (non-hydrogen) atoms. The first-order valence-corrected chi connectivity index (χ1v) is 11.1. The van der Waals surface area contributed by atoms with Gasteiger partial charge in [0.2, 0.25) is 0 Å². The van der Waals surface area contributed by atoms with Gasteiger partial charge < -0.3 is 5.32 Å². The molecule has 0 spiro atoms. The van der Waals surface area contributed by atoms with E-state index in [0.29, 0.717) is 21.9 Å². The molecule has 4 rings (SSSR count). The lowest BCUT2D eigenvalue weighted by molar-refractivity contribution is -0.669. The van der Waals surface area contributed by atoms with E-state index in [1.165, 1.54) is 16.2 Å². The van der Waals surface area contributed by atoms with Crippen molar-refractivity contribution in [2.75, 3.05) is 11.1 Å². The van der Waals surface area contributed by atoms with Gasteiger partial charge in [0, 0.05) is 21.0 Å². The number of aryl methyl sites for hydroxylation is 1. The second-order valence-corrected chi connectivity index (χ2v) is 9.07. The molecule has 0 saturated heterocycles. The smallest absolute Gasteiger partial charge is 0.272 e. The molecule has 0 saturated carbocycles. The van der Waals surface area contributed by atoms with E-state index in [4.69, 9.17) is 5.73 Å². The van der Waals surface area contributed by atoms with Crippen LogP contribution in [0.25, 0.3) is 0 Å². The Balaban J connectivity index is 1.65. The second-order valence-electron chi connectivity index (χ2n) is 7.05. The van der Waals surface area contributed by atoms with E-state index in [1.54, 1.807) is 16.8 Å². The van der Waals surface area contributed by atoms with Gasteiger partial charge in [0.25, 0.3) is 11.7 Å². The van der Waals surface area contributed by atoms with Crippen molar-refractivity contribution >= 4 is 49.8 Å². The fourth-order valence-electron chi connectivity index (χ4n) is 3.59. The van der Waals surface area contributed by atoms with Gasteiger partial charge in [-0.1, -0.05) is 22.0 Å². The molecule has 0 radical (unpaired) electrons. The minimum atomic E-state index is -0.198. The highest BCUT2D eigenvalue weighted by atomic mass is 79.9. The van der Waals surface area contributed by atoms with E-state index >= 15 is 0 Å². The predicted molar refractivity (Wildman–Crippen MR) is 118 cm³/mol. The van der Waals surface area contributed by atoms with E-state index in [2.05, 4.69) is 21.2 Å². The third-order valence-corrected chi connectivity index (χ3v) is 6.78. The molecule has 2 heterocycles. The fourth-order valence-corrected chi connectivity index (χ4v) is 5.16. The number of thiophene rings is 1. The molecule has 148 valence electrons. The maximum Gasteiger partial charge on any atom is 0.272 e. The van der Waals surface area contributed by atoms with Gasteiger partial charge in [0.15, 0.2) is 12.3 Å². The number of nitrogens with one attached hydrogen (secondary N) is 1. The van der Waals surface area contributed by atoms with Crippen LogP contribution in [-0.4, -0.2) is 11.7 Å². The number of anilines is 2. The van der Waals surface area contributed by atoms with Crippen LogP contribution in [0.2, 0.25) is 0 Å². The summed E-state index contributed by atoms with van der Waals surface area (Å²) < 4.78 is 2.60. The van der Waals surface area contributed by atoms with Crippen LogP contribution in [0.1, 0.15) is 39.2 Å². The molecule has 0 aliphatic heterocycles. The number of fused-ring (bicyclic) bond motifs is 1. The number of pyridine rings is 1. The number of benzene rings is 1. The standard InChI is InChI=1S/C22H20BrN3O2S/c23-15-10-8-14(9-11-15)21(28)20-16-5-1-2-6-17(16)29-22(20)25-19(27)13-26-12-4-3-7-18(26)24/h3-4,7-12,24H,1-2,5-6,13H2,(H,25,27,28)/p+1. The first kappa shape index (κ1) is 19.8. The van der Waals surface area contributed by atoms with Crippen molar-refractivity contribution in [3.05, 3.63) is 74.7 Å². The molecule has 2 aromatic heterocycles. The summed E-state index contributed by atoms with van der Waals surface area (Å²) in [5, 5.41) is 3.62. The van der Waals surface area contributed by atoms with Crippen LogP contribution in [0, 0.1) is 0 Å². The Labute approximate surface area is 181 Å². The van der Waals surface area contributed by atoms with Gasteiger partial charge in [-0.05, 0) is 61.6 Å². The number of halogens is 1. The van der Waals surface area contributed by atoms with Gasteiger partial charge in [-0.3, -0.25) is 15.3 Å². The van der Waals surface area contributed by atoms with Crippen molar-refractivity contribution in [3.63, 3.8) is 0 Å². The normalized spacial score (nSPS) is 13.0. The first-order chi connectivity index (χ1) is 14.0. The number of amides is 1. The van der Waals surface area contributed by atoms with Gasteiger partial charge in [-0.15, -0.1) is 11.3 Å². The molecule has 1 aromatic carbocycles. The lowest BCUT2D eigenvalue weighted by Crippen LogP contribution is -2.42. The number of nitrogens with zero attached hydrogens (tertiary/aromatic N) is 1. The van der Waals surface area contributed by atoms with Crippen molar-refractivity contribution in [2.24, 2.45) is 0 Å². The molecule has 1 aliphatic carbocycles. The molecule has 1 aliphatic rings.